The molecule has 0 aromatic heterocycles. The Morgan fingerprint density at radius 2 is 2.00 bits per heavy atom. The third-order valence-electron chi connectivity index (χ3n) is 4.35. The molecule has 5 nitrogen and oxygen atoms in total. The third kappa shape index (κ3) is 3.67. The number of aryl methyl sites for hydroxylation is 1. The highest BCUT2D eigenvalue weighted by Crippen LogP contribution is 2.41. The molecule has 1 aromatic rings. The first-order chi connectivity index (χ1) is 11.4. The van der Waals surface area contributed by atoms with E-state index < -0.39 is 9.84 Å². The van der Waals surface area contributed by atoms with Gasteiger partial charge in [0.15, 0.2) is 15.0 Å². The van der Waals surface area contributed by atoms with Gasteiger partial charge in [-0.1, -0.05) is 37.2 Å². The van der Waals surface area contributed by atoms with E-state index in [1.54, 1.807) is 0 Å². The highest BCUT2D eigenvalue weighted by molar-refractivity contribution is 8.16. The van der Waals surface area contributed by atoms with Crippen molar-refractivity contribution in [3.05, 3.63) is 29.8 Å². The lowest BCUT2D eigenvalue weighted by atomic mass is 10.1. The summed E-state index contributed by atoms with van der Waals surface area (Å²) in [4.78, 5) is 17.5. The molecule has 2 aliphatic heterocycles. The fraction of sp³-hybridized carbons (Fsp3) is 0.529. The van der Waals surface area contributed by atoms with Crippen LogP contribution in [0.1, 0.15) is 32.3 Å². The van der Waals surface area contributed by atoms with Crippen molar-refractivity contribution >= 4 is 38.4 Å². The number of fused-ring (bicyclic) bond motifs is 1. The molecule has 3 rings (SSSR count). The number of amidine groups is 1. The van der Waals surface area contributed by atoms with Crippen LogP contribution in [0.15, 0.2) is 29.3 Å². The fourth-order valence-corrected chi connectivity index (χ4v) is 7.16. The Kier molecular flexibility index (Phi) is 5.01. The SMILES string of the molecule is CCCCc1ccc(N2C(=NC(C)=O)S[C@@H]3CS(=O)(=O)C[C@H]32)cc1. The molecule has 2 atom stereocenters. The van der Waals surface area contributed by atoms with Crippen LogP contribution in [0.4, 0.5) is 5.69 Å². The van der Waals surface area contributed by atoms with Gasteiger partial charge in [-0.15, -0.1) is 0 Å². The number of aliphatic imine (C=N–C) groups is 1. The van der Waals surface area contributed by atoms with E-state index in [9.17, 15) is 13.2 Å². The summed E-state index contributed by atoms with van der Waals surface area (Å²) in [7, 11) is -3.02. The van der Waals surface area contributed by atoms with E-state index in [4.69, 9.17) is 0 Å². The molecule has 1 amide bonds. The summed E-state index contributed by atoms with van der Waals surface area (Å²) in [6.07, 6.45) is 3.35. The van der Waals surface area contributed by atoms with Gasteiger partial charge in [0, 0.05) is 17.9 Å². The van der Waals surface area contributed by atoms with Crippen molar-refractivity contribution < 1.29 is 13.2 Å². The van der Waals surface area contributed by atoms with E-state index >= 15 is 0 Å². The Labute approximate surface area is 147 Å². The molecule has 7 heteroatoms. The van der Waals surface area contributed by atoms with Gasteiger partial charge in [0.1, 0.15) is 0 Å². The lowest BCUT2D eigenvalue weighted by Gasteiger charge is -2.24. The number of anilines is 1. The van der Waals surface area contributed by atoms with Crippen LogP contribution in [0.25, 0.3) is 0 Å². The summed E-state index contributed by atoms with van der Waals surface area (Å²) in [6, 6.07) is 8.04. The van der Waals surface area contributed by atoms with Gasteiger partial charge in [-0.25, -0.2) is 8.42 Å². The van der Waals surface area contributed by atoms with Crippen molar-refractivity contribution in [3.63, 3.8) is 0 Å². The zero-order valence-electron chi connectivity index (χ0n) is 13.9. The first-order valence-electron chi connectivity index (χ1n) is 8.24. The molecule has 2 aliphatic rings. The predicted octanol–water partition coefficient (Wildman–Crippen LogP) is 2.65. The van der Waals surface area contributed by atoms with Crippen LogP contribution in [0.2, 0.25) is 0 Å². The molecule has 0 radical (unpaired) electrons. The van der Waals surface area contributed by atoms with Gasteiger partial charge < -0.3 is 4.90 Å². The number of sulfone groups is 1. The van der Waals surface area contributed by atoms with Crippen molar-refractivity contribution in [1.82, 2.24) is 0 Å². The second-order valence-electron chi connectivity index (χ2n) is 6.35. The number of benzene rings is 1. The highest BCUT2D eigenvalue weighted by atomic mass is 32.2. The van der Waals surface area contributed by atoms with Gasteiger partial charge in [0.25, 0.3) is 0 Å². The zero-order chi connectivity index (χ0) is 17.3. The topological polar surface area (TPSA) is 66.8 Å². The maximum Gasteiger partial charge on any atom is 0.244 e. The van der Waals surface area contributed by atoms with Crippen molar-refractivity contribution in [2.75, 3.05) is 16.4 Å². The number of unbranched alkanes of at least 4 members (excludes halogenated alkanes) is 1. The molecule has 0 aliphatic carbocycles. The van der Waals surface area contributed by atoms with E-state index in [2.05, 4.69) is 24.0 Å². The molecule has 0 bridgehead atoms. The highest BCUT2D eigenvalue weighted by Gasteiger charge is 2.49. The molecule has 0 saturated carbocycles. The fourth-order valence-electron chi connectivity index (χ4n) is 3.21. The van der Waals surface area contributed by atoms with Crippen molar-refractivity contribution in [3.8, 4) is 0 Å². The molecule has 24 heavy (non-hydrogen) atoms. The van der Waals surface area contributed by atoms with Gasteiger partial charge in [0.05, 0.1) is 17.5 Å². The minimum absolute atomic E-state index is 0.0483. The van der Waals surface area contributed by atoms with Crippen LogP contribution in [-0.4, -0.2) is 42.3 Å². The van der Waals surface area contributed by atoms with E-state index in [0.29, 0.717) is 5.17 Å². The molecule has 2 fully saturated rings. The van der Waals surface area contributed by atoms with E-state index in [1.165, 1.54) is 24.2 Å². The molecule has 0 unspecified atom stereocenters. The van der Waals surface area contributed by atoms with Crippen LogP contribution in [0.3, 0.4) is 0 Å². The first-order valence-corrected chi connectivity index (χ1v) is 10.9. The maximum atomic E-state index is 12.0. The number of rotatable bonds is 4. The minimum Gasteiger partial charge on any atom is -0.316 e. The van der Waals surface area contributed by atoms with E-state index in [1.807, 2.05) is 17.0 Å². The number of thioether (sulfide) groups is 1. The quantitative estimate of drug-likeness (QED) is 0.819. The second kappa shape index (κ2) is 6.88. The van der Waals surface area contributed by atoms with Gasteiger partial charge in [-0.3, -0.25) is 4.79 Å². The lowest BCUT2D eigenvalue weighted by molar-refractivity contribution is -0.115. The Balaban J connectivity index is 1.90. The smallest absolute Gasteiger partial charge is 0.244 e. The zero-order valence-corrected chi connectivity index (χ0v) is 15.6. The normalized spacial score (nSPS) is 26.8. The average Bonchev–Trinajstić information content (AvgIpc) is 2.96. The Hall–Kier alpha value is -1.34. The Morgan fingerprint density at radius 1 is 1.29 bits per heavy atom. The average molecular weight is 367 g/mol. The van der Waals surface area contributed by atoms with Crippen LogP contribution >= 0.6 is 11.8 Å². The Morgan fingerprint density at radius 3 is 2.62 bits per heavy atom. The summed E-state index contributed by atoms with van der Waals surface area (Å²) in [6.45, 7) is 3.59. The molecule has 1 aromatic carbocycles. The van der Waals surface area contributed by atoms with Crippen LogP contribution in [0.5, 0.6) is 0 Å². The van der Waals surface area contributed by atoms with Gasteiger partial charge >= 0.3 is 0 Å². The largest absolute Gasteiger partial charge is 0.316 e. The molecule has 0 N–H and O–H groups in total. The van der Waals surface area contributed by atoms with E-state index in [0.717, 1.165) is 24.9 Å². The van der Waals surface area contributed by atoms with Crippen molar-refractivity contribution in [2.24, 2.45) is 4.99 Å². The van der Waals surface area contributed by atoms with Crippen LogP contribution < -0.4 is 4.90 Å². The Bertz CT molecular complexity index is 757. The second-order valence-corrected chi connectivity index (χ2v) is 9.71. The molecular formula is C17H22N2O3S2. The molecule has 130 valence electrons. The van der Waals surface area contributed by atoms with Gasteiger partial charge in [-0.05, 0) is 30.5 Å². The summed E-state index contributed by atoms with van der Waals surface area (Å²) in [5, 5.41) is 0.571. The number of hydrogen-bond donors (Lipinski definition) is 0. The van der Waals surface area contributed by atoms with Crippen LogP contribution in [0, 0.1) is 0 Å². The third-order valence-corrected chi connectivity index (χ3v) is 7.56. The summed E-state index contributed by atoms with van der Waals surface area (Å²) >= 11 is 1.41. The standard InChI is InChI=1S/C17H22N2O3S2/c1-3-4-5-13-6-8-14(9-7-13)19-15-10-24(21,22)11-16(15)23-17(19)18-12(2)20/h6-9,15-16H,3-5,10-11H2,1-2H3/t15-,16-/m1/s1. The molecule has 2 heterocycles. The van der Waals surface area contributed by atoms with Crippen molar-refractivity contribution in [1.29, 1.82) is 0 Å². The maximum absolute atomic E-state index is 12.0. The molecular weight excluding hydrogens is 344 g/mol. The number of carbonyl (C=O) groups excluding carboxylic acids is 1. The summed E-state index contributed by atoms with van der Waals surface area (Å²) < 4.78 is 24.0. The van der Waals surface area contributed by atoms with E-state index in [-0.39, 0.29) is 28.7 Å². The summed E-state index contributed by atoms with van der Waals surface area (Å²) in [5.74, 6) is 0.0219. The number of carbonyl (C=O) groups is 1. The lowest BCUT2D eigenvalue weighted by Crippen LogP contribution is -2.37. The molecule has 0 spiro atoms. The van der Waals surface area contributed by atoms with Gasteiger partial charge in [-0.2, -0.15) is 4.99 Å². The number of nitrogens with zero attached hydrogens (tertiary/aromatic N) is 2. The van der Waals surface area contributed by atoms with Crippen LogP contribution in [-0.2, 0) is 21.1 Å². The number of amides is 1. The minimum atomic E-state index is -3.02. The monoisotopic (exact) mass is 366 g/mol. The molecule has 2 saturated heterocycles. The van der Waals surface area contributed by atoms with Gasteiger partial charge in [0.2, 0.25) is 5.91 Å². The predicted molar refractivity (Wildman–Crippen MR) is 99.5 cm³/mol. The first kappa shape index (κ1) is 17.5. The number of hydrogen-bond acceptors (Lipinski definition) is 4. The van der Waals surface area contributed by atoms with Crippen molar-refractivity contribution in [2.45, 2.75) is 44.4 Å². The summed E-state index contributed by atoms with van der Waals surface area (Å²) in [5.41, 5.74) is 2.18.